The fraction of sp³-hybridized carbons (Fsp3) is 0. The van der Waals surface area contributed by atoms with Crippen molar-refractivity contribution in [1.29, 1.82) is 0 Å². The first-order chi connectivity index (χ1) is 24.7. The van der Waals surface area contributed by atoms with Crippen LogP contribution in [0.1, 0.15) is 0 Å². The van der Waals surface area contributed by atoms with Gasteiger partial charge in [-0.05, 0) is 109 Å². The van der Waals surface area contributed by atoms with Crippen LogP contribution in [0.3, 0.4) is 0 Å². The fourth-order valence-electron chi connectivity index (χ4n) is 8.23. The van der Waals surface area contributed by atoms with E-state index in [1.54, 1.807) is 11.3 Å². The first-order valence-electron chi connectivity index (χ1n) is 17.0. The van der Waals surface area contributed by atoms with Crippen molar-refractivity contribution in [3.05, 3.63) is 193 Å². The Morgan fingerprint density at radius 2 is 1.20 bits per heavy atom. The number of fused-ring (bicyclic) bond motifs is 6. The molecule has 0 aliphatic carbocycles. The summed E-state index contributed by atoms with van der Waals surface area (Å²) < 4.78 is 2.47. The molecular weight excluding hydrogens is 641 g/mol. The molecule has 236 valence electrons. The number of allylic oxidation sites excluding steroid dienone is 3. The Bertz CT molecular complexity index is 2630. The van der Waals surface area contributed by atoms with E-state index in [0.29, 0.717) is 0 Å². The predicted molar refractivity (Wildman–Crippen MR) is 217 cm³/mol. The maximum atomic E-state index is 4.50. The number of para-hydroxylation sites is 2. The van der Waals surface area contributed by atoms with E-state index in [9.17, 15) is 0 Å². The highest BCUT2D eigenvalue weighted by molar-refractivity contribution is 7.16. The molecule has 0 N–H and O–H groups in total. The van der Waals surface area contributed by atoms with Gasteiger partial charge in [-0.15, -0.1) is 0 Å². The van der Waals surface area contributed by atoms with Gasteiger partial charge in [-0.25, -0.2) is 0 Å². The van der Waals surface area contributed by atoms with Crippen molar-refractivity contribution in [2.75, 3.05) is 4.90 Å². The van der Waals surface area contributed by atoms with Crippen LogP contribution >= 0.6 is 11.3 Å². The van der Waals surface area contributed by atoms with Crippen LogP contribution in [0.15, 0.2) is 193 Å². The number of aromatic nitrogens is 1. The molecule has 4 heterocycles. The summed E-state index contributed by atoms with van der Waals surface area (Å²) in [7, 11) is -2.66. The first kappa shape index (κ1) is 29.0. The SMILES string of the molecule is C=C1/C=C\C=C[Si]2(c3cccc(-n4c5ccc(-c6ccccc6)cc5c5cc(-c6ccsc6)ccc54)c3)c3ccccc3N1c1ccccc12. The van der Waals surface area contributed by atoms with Gasteiger partial charge in [0.25, 0.3) is 0 Å². The van der Waals surface area contributed by atoms with E-state index in [4.69, 9.17) is 0 Å². The molecular formula is C46H32N2SSi. The summed E-state index contributed by atoms with van der Waals surface area (Å²) in [6.07, 6.45) is 6.54. The van der Waals surface area contributed by atoms with Crippen molar-refractivity contribution in [2.45, 2.75) is 0 Å². The summed E-state index contributed by atoms with van der Waals surface area (Å²) in [6, 6.07) is 54.1. The van der Waals surface area contributed by atoms with Crippen molar-refractivity contribution < 1.29 is 0 Å². The lowest BCUT2D eigenvalue weighted by molar-refractivity contribution is 1.18. The molecule has 10 rings (SSSR count). The number of hydrogen-bond donors (Lipinski definition) is 0. The Kier molecular flexibility index (Phi) is 6.56. The molecule has 0 atom stereocenters. The highest BCUT2D eigenvalue weighted by Gasteiger charge is 2.46. The predicted octanol–water partition coefficient (Wildman–Crippen LogP) is 10.3. The summed E-state index contributed by atoms with van der Waals surface area (Å²) in [6.45, 7) is 4.50. The average molecular weight is 673 g/mol. The van der Waals surface area contributed by atoms with E-state index in [1.165, 1.54) is 76.7 Å². The van der Waals surface area contributed by atoms with Gasteiger partial charge >= 0.3 is 0 Å². The lowest BCUT2D eigenvalue weighted by atomic mass is 10.0. The van der Waals surface area contributed by atoms with Crippen molar-refractivity contribution in [1.82, 2.24) is 4.57 Å². The molecule has 4 heteroatoms. The van der Waals surface area contributed by atoms with Gasteiger partial charge < -0.3 is 9.47 Å². The molecule has 0 saturated carbocycles. The van der Waals surface area contributed by atoms with E-state index in [-0.39, 0.29) is 0 Å². The number of nitrogens with zero attached hydrogens (tertiary/aromatic N) is 2. The molecule has 50 heavy (non-hydrogen) atoms. The summed E-state index contributed by atoms with van der Waals surface area (Å²) >= 11 is 1.74. The quantitative estimate of drug-likeness (QED) is 0.169. The van der Waals surface area contributed by atoms with E-state index in [2.05, 4.69) is 196 Å². The van der Waals surface area contributed by atoms with Gasteiger partial charge in [0.15, 0.2) is 8.07 Å². The molecule has 0 radical (unpaired) electrons. The summed E-state index contributed by atoms with van der Waals surface area (Å²) in [5, 5.41) is 11.0. The van der Waals surface area contributed by atoms with Crippen LogP contribution in [-0.4, -0.2) is 12.6 Å². The zero-order valence-corrected chi connectivity index (χ0v) is 29.1. The molecule has 0 fully saturated rings. The van der Waals surface area contributed by atoms with Gasteiger partial charge in [0.05, 0.1) is 11.0 Å². The molecule has 2 nitrogen and oxygen atoms in total. The van der Waals surface area contributed by atoms with Gasteiger partial charge in [-0.1, -0.05) is 115 Å². The van der Waals surface area contributed by atoms with Crippen LogP contribution in [0.5, 0.6) is 0 Å². The van der Waals surface area contributed by atoms with Crippen molar-refractivity contribution in [3.63, 3.8) is 0 Å². The van der Waals surface area contributed by atoms with Gasteiger partial charge in [-0.2, -0.15) is 11.3 Å². The molecule has 0 spiro atoms. The minimum absolute atomic E-state index is 0.967. The minimum atomic E-state index is -2.66. The second kappa shape index (κ2) is 11.3. The van der Waals surface area contributed by atoms with Crippen LogP contribution in [-0.2, 0) is 0 Å². The third-order valence-electron chi connectivity index (χ3n) is 10.5. The number of rotatable bonds is 4. The molecule has 2 aliphatic heterocycles. The Hall–Kier alpha value is -5.94. The van der Waals surface area contributed by atoms with Crippen LogP contribution < -0.4 is 20.5 Å². The smallest absolute Gasteiger partial charge is 0.177 e. The minimum Gasteiger partial charge on any atom is -0.311 e. The third kappa shape index (κ3) is 4.26. The van der Waals surface area contributed by atoms with Crippen molar-refractivity contribution >= 4 is 68.2 Å². The maximum absolute atomic E-state index is 4.50. The second-order valence-electron chi connectivity index (χ2n) is 13.1. The second-order valence-corrected chi connectivity index (χ2v) is 17.5. The Morgan fingerprint density at radius 1 is 0.540 bits per heavy atom. The zero-order chi connectivity index (χ0) is 33.2. The van der Waals surface area contributed by atoms with Crippen molar-refractivity contribution in [2.24, 2.45) is 0 Å². The maximum Gasteiger partial charge on any atom is 0.177 e. The van der Waals surface area contributed by atoms with E-state index in [1.807, 2.05) is 0 Å². The van der Waals surface area contributed by atoms with E-state index in [0.717, 1.165) is 5.70 Å². The van der Waals surface area contributed by atoms with E-state index < -0.39 is 8.07 Å². The highest BCUT2D eigenvalue weighted by atomic mass is 32.1. The van der Waals surface area contributed by atoms with Crippen LogP contribution in [0.4, 0.5) is 11.4 Å². The number of thiophene rings is 1. The first-order valence-corrected chi connectivity index (χ1v) is 20.0. The lowest BCUT2D eigenvalue weighted by Gasteiger charge is -2.43. The van der Waals surface area contributed by atoms with Gasteiger partial charge in [-0.3, -0.25) is 0 Å². The van der Waals surface area contributed by atoms with Crippen molar-refractivity contribution in [3.8, 4) is 27.9 Å². The summed E-state index contributed by atoms with van der Waals surface area (Å²) in [4.78, 5) is 2.34. The molecule has 0 saturated heterocycles. The zero-order valence-electron chi connectivity index (χ0n) is 27.3. The molecule has 2 aromatic heterocycles. The van der Waals surface area contributed by atoms with Crippen LogP contribution in [0, 0.1) is 0 Å². The van der Waals surface area contributed by atoms with Gasteiger partial charge in [0.2, 0.25) is 0 Å². The molecule has 8 aromatic rings. The number of hydrogen-bond acceptors (Lipinski definition) is 2. The monoisotopic (exact) mass is 672 g/mol. The standard InChI is InChI=1S/C46H32N2SSi/c1-32-12-9-10-27-50(45-19-7-5-17-43(45)47(32)44-18-6-8-20-46(44)50)38-16-11-15-37(30-38)48-41-23-21-34(33-13-3-2-4-14-33)28-39(41)40-29-35(22-24-42(40)48)36-25-26-49-31-36/h2-31H,1H2/b12-9-,27-10?. The topological polar surface area (TPSA) is 8.17 Å². The average Bonchev–Trinajstić information content (AvgIpc) is 3.84. The molecule has 0 unspecified atom stereocenters. The van der Waals surface area contributed by atoms with E-state index >= 15 is 0 Å². The Labute approximate surface area is 296 Å². The lowest BCUT2D eigenvalue weighted by Crippen LogP contribution is -2.69. The molecule has 2 bridgehead atoms. The summed E-state index contributed by atoms with van der Waals surface area (Å²) in [5.74, 6) is 0. The third-order valence-corrected chi connectivity index (χ3v) is 15.6. The highest BCUT2D eigenvalue weighted by Crippen LogP contribution is 2.39. The van der Waals surface area contributed by atoms with Crippen LogP contribution in [0.25, 0.3) is 49.7 Å². The largest absolute Gasteiger partial charge is 0.311 e. The normalized spacial score (nSPS) is 15.0. The Morgan fingerprint density at radius 3 is 1.88 bits per heavy atom. The van der Waals surface area contributed by atoms with Crippen LogP contribution in [0.2, 0.25) is 0 Å². The summed E-state index contributed by atoms with van der Waals surface area (Å²) in [5.41, 5.74) is 14.5. The molecule has 0 amide bonds. The number of benzene rings is 6. The van der Waals surface area contributed by atoms with Gasteiger partial charge in [0.1, 0.15) is 0 Å². The fourth-order valence-corrected chi connectivity index (χ4v) is 13.4. The van der Waals surface area contributed by atoms with Gasteiger partial charge in [0, 0.05) is 33.5 Å². The molecule has 2 aliphatic rings. The Balaban J connectivity index is 1.24. The number of anilines is 2. The molecule has 6 aromatic carbocycles.